The number of rotatable bonds is 0. The summed E-state index contributed by atoms with van der Waals surface area (Å²) in [4.78, 5) is 23.9. The van der Waals surface area contributed by atoms with Crippen LogP contribution in [0.4, 0.5) is 0 Å². The molecule has 0 aliphatic carbocycles. The lowest BCUT2D eigenvalue weighted by Crippen LogP contribution is -2.16. The SMILES string of the molecule is O=c1c2ccccc2nc2ncncn12. The van der Waals surface area contributed by atoms with Crippen LogP contribution in [0, 0.1) is 0 Å². The summed E-state index contributed by atoms with van der Waals surface area (Å²) in [5.74, 6) is 0.369. The molecule has 5 heteroatoms. The van der Waals surface area contributed by atoms with Gasteiger partial charge in [0.05, 0.1) is 10.9 Å². The molecule has 15 heavy (non-hydrogen) atoms. The third-order valence-electron chi connectivity index (χ3n) is 2.21. The monoisotopic (exact) mass is 198 g/mol. The molecule has 0 aliphatic heterocycles. The first-order valence-electron chi connectivity index (χ1n) is 4.43. The van der Waals surface area contributed by atoms with Gasteiger partial charge in [0.15, 0.2) is 0 Å². The van der Waals surface area contributed by atoms with Gasteiger partial charge in [-0.05, 0) is 12.1 Å². The van der Waals surface area contributed by atoms with Crippen LogP contribution in [0.5, 0.6) is 0 Å². The Hall–Kier alpha value is -2.30. The van der Waals surface area contributed by atoms with Crippen molar-refractivity contribution in [1.29, 1.82) is 0 Å². The second-order valence-electron chi connectivity index (χ2n) is 3.11. The summed E-state index contributed by atoms with van der Waals surface area (Å²) in [6.45, 7) is 0. The van der Waals surface area contributed by atoms with Gasteiger partial charge in [0.25, 0.3) is 5.56 Å². The second kappa shape index (κ2) is 2.84. The van der Waals surface area contributed by atoms with E-state index in [1.54, 1.807) is 12.1 Å². The Labute approximate surface area is 84.1 Å². The molecule has 2 aromatic heterocycles. The van der Waals surface area contributed by atoms with Crippen molar-refractivity contribution < 1.29 is 0 Å². The van der Waals surface area contributed by atoms with E-state index in [1.165, 1.54) is 17.1 Å². The molecule has 0 saturated carbocycles. The minimum absolute atomic E-state index is 0.142. The Bertz CT molecular complexity index is 647. The van der Waals surface area contributed by atoms with Crippen molar-refractivity contribution in [1.82, 2.24) is 19.4 Å². The lowest BCUT2D eigenvalue weighted by Gasteiger charge is -1.99. The Morgan fingerprint density at radius 3 is 3.00 bits per heavy atom. The molecule has 0 radical (unpaired) electrons. The second-order valence-corrected chi connectivity index (χ2v) is 3.11. The summed E-state index contributed by atoms with van der Waals surface area (Å²) in [5, 5.41) is 0.574. The van der Waals surface area contributed by atoms with E-state index < -0.39 is 0 Å². The van der Waals surface area contributed by atoms with E-state index in [0.29, 0.717) is 16.7 Å². The van der Waals surface area contributed by atoms with Gasteiger partial charge in [-0.25, -0.2) is 19.4 Å². The van der Waals surface area contributed by atoms with Crippen molar-refractivity contribution in [3.8, 4) is 0 Å². The third kappa shape index (κ3) is 1.10. The molecular weight excluding hydrogens is 192 g/mol. The lowest BCUT2D eigenvalue weighted by molar-refractivity contribution is 0.954. The van der Waals surface area contributed by atoms with Gasteiger partial charge in [0.2, 0.25) is 5.78 Å². The summed E-state index contributed by atoms with van der Waals surface area (Å²) in [6, 6.07) is 7.18. The molecule has 0 N–H and O–H groups in total. The molecule has 5 nitrogen and oxygen atoms in total. The number of aromatic nitrogens is 4. The van der Waals surface area contributed by atoms with Gasteiger partial charge in [-0.1, -0.05) is 12.1 Å². The van der Waals surface area contributed by atoms with E-state index in [4.69, 9.17) is 0 Å². The minimum atomic E-state index is -0.142. The molecule has 0 spiro atoms. The molecule has 0 aliphatic rings. The maximum Gasteiger partial charge on any atom is 0.268 e. The summed E-state index contributed by atoms with van der Waals surface area (Å²) >= 11 is 0. The van der Waals surface area contributed by atoms with E-state index in [0.717, 1.165) is 0 Å². The quantitative estimate of drug-likeness (QED) is 0.497. The molecule has 3 rings (SSSR count). The van der Waals surface area contributed by atoms with Gasteiger partial charge in [0, 0.05) is 0 Å². The third-order valence-corrected chi connectivity index (χ3v) is 2.21. The minimum Gasteiger partial charge on any atom is -0.268 e. The molecule has 0 bridgehead atoms. The highest BCUT2D eigenvalue weighted by atomic mass is 16.1. The van der Waals surface area contributed by atoms with Crippen LogP contribution in [0.15, 0.2) is 41.7 Å². The van der Waals surface area contributed by atoms with E-state index in [1.807, 2.05) is 12.1 Å². The van der Waals surface area contributed by atoms with Crippen molar-refractivity contribution in [2.75, 3.05) is 0 Å². The highest BCUT2D eigenvalue weighted by molar-refractivity contribution is 5.78. The molecule has 3 aromatic rings. The first kappa shape index (κ1) is 8.05. The fourth-order valence-corrected chi connectivity index (χ4v) is 1.51. The summed E-state index contributed by atoms with van der Waals surface area (Å²) < 4.78 is 1.34. The molecule has 72 valence electrons. The van der Waals surface area contributed by atoms with Crippen molar-refractivity contribution in [2.45, 2.75) is 0 Å². The zero-order valence-electron chi connectivity index (χ0n) is 7.66. The van der Waals surface area contributed by atoms with Crippen LogP contribution in [-0.2, 0) is 0 Å². The maximum atomic E-state index is 11.9. The molecule has 0 amide bonds. The zero-order valence-corrected chi connectivity index (χ0v) is 7.66. The standard InChI is InChI=1S/C10H6N4O/c15-9-7-3-1-2-4-8(7)13-10-12-5-11-6-14(9)10/h1-6H. The molecule has 1 aromatic carbocycles. The smallest absolute Gasteiger partial charge is 0.268 e. The summed E-state index contributed by atoms with van der Waals surface area (Å²) in [7, 11) is 0. The molecule has 0 atom stereocenters. The van der Waals surface area contributed by atoms with Crippen LogP contribution in [-0.4, -0.2) is 19.4 Å². The lowest BCUT2D eigenvalue weighted by atomic mass is 10.2. The van der Waals surface area contributed by atoms with E-state index in [2.05, 4.69) is 15.0 Å². The van der Waals surface area contributed by atoms with Crippen LogP contribution in [0.3, 0.4) is 0 Å². The van der Waals surface area contributed by atoms with E-state index >= 15 is 0 Å². The van der Waals surface area contributed by atoms with Crippen LogP contribution >= 0.6 is 0 Å². The normalized spacial score (nSPS) is 10.9. The summed E-state index contributed by atoms with van der Waals surface area (Å²) in [6.07, 6.45) is 2.79. The van der Waals surface area contributed by atoms with Crippen LogP contribution in [0.1, 0.15) is 0 Å². The first-order chi connectivity index (χ1) is 7.36. The predicted octanol–water partition coefficient (Wildman–Crippen LogP) is 0.638. The summed E-state index contributed by atoms with van der Waals surface area (Å²) in [5.41, 5.74) is 0.511. The fraction of sp³-hybridized carbons (Fsp3) is 0. The maximum absolute atomic E-state index is 11.9. The topological polar surface area (TPSA) is 60.2 Å². The van der Waals surface area contributed by atoms with Crippen LogP contribution < -0.4 is 5.56 Å². The number of benzene rings is 1. The highest BCUT2D eigenvalue weighted by Gasteiger charge is 2.03. The molecule has 0 fully saturated rings. The van der Waals surface area contributed by atoms with E-state index in [9.17, 15) is 4.79 Å². The Morgan fingerprint density at radius 2 is 2.07 bits per heavy atom. The Balaban J connectivity index is 2.66. The number of hydrogen-bond donors (Lipinski definition) is 0. The molecule has 0 unspecified atom stereocenters. The van der Waals surface area contributed by atoms with Crippen LogP contribution in [0.2, 0.25) is 0 Å². The van der Waals surface area contributed by atoms with E-state index in [-0.39, 0.29) is 5.56 Å². The Morgan fingerprint density at radius 1 is 1.20 bits per heavy atom. The van der Waals surface area contributed by atoms with Crippen molar-refractivity contribution in [3.05, 3.63) is 47.3 Å². The van der Waals surface area contributed by atoms with Crippen molar-refractivity contribution in [3.63, 3.8) is 0 Å². The number of para-hydroxylation sites is 1. The van der Waals surface area contributed by atoms with Gasteiger partial charge in [-0.15, -0.1) is 0 Å². The Kier molecular flexibility index (Phi) is 1.53. The van der Waals surface area contributed by atoms with Gasteiger partial charge in [-0.3, -0.25) is 4.79 Å². The number of fused-ring (bicyclic) bond motifs is 2. The number of hydrogen-bond acceptors (Lipinski definition) is 4. The number of nitrogens with zero attached hydrogens (tertiary/aromatic N) is 4. The molecular formula is C10H6N4O. The van der Waals surface area contributed by atoms with Crippen molar-refractivity contribution >= 4 is 16.7 Å². The van der Waals surface area contributed by atoms with Gasteiger partial charge in [-0.2, -0.15) is 0 Å². The highest BCUT2D eigenvalue weighted by Crippen LogP contribution is 2.06. The van der Waals surface area contributed by atoms with Gasteiger partial charge < -0.3 is 0 Å². The average Bonchev–Trinajstić information content (AvgIpc) is 2.30. The molecule has 0 saturated heterocycles. The van der Waals surface area contributed by atoms with Gasteiger partial charge in [0.1, 0.15) is 12.7 Å². The van der Waals surface area contributed by atoms with Gasteiger partial charge >= 0.3 is 0 Å². The first-order valence-corrected chi connectivity index (χ1v) is 4.43. The largest absolute Gasteiger partial charge is 0.268 e. The molecule has 2 heterocycles. The predicted molar refractivity (Wildman–Crippen MR) is 54.6 cm³/mol. The van der Waals surface area contributed by atoms with Crippen molar-refractivity contribution in [2.24, 2.45) is 0 Å². The zero-order chi connectivity index (χ0) is 10.3. The average molecular weight is 198 g/mol. The fourth-order valence-electron chi connectivity index (χ4n) is 1.51. The van der Waals surface area contributed by atoms with Crippen LogP contribution in [0.25, 0.3) is 16.7 Å².